The van der Waals surface area contributed by atoms with E-state index in [1.165, 1.54) is 37.5 Å². The molecule has 0 bridgehead atoms. The molecule has 27 heavy (non-hydrogen) atoms. The van der Waals surface area contributed by atoms with Crippen molar-refractivity contribution in [2.45, 2.75) is 63.9 Å². The molecule has 1 aliphatic carbocycles. The van der Waals surface area contributed by atoms with E-state index in [2.05, 4.69) is 15.4 Å². The number of rotatable bonds is 8. The van der Waals surface area contributed by atoms with Crippen molar-refractivity contribution in [1.29, 1.82) is 0 Å². The van der Waals surface area contributed by atoms with Crippen molar-refractivity contribution in [2.75, 3.05) is 11.9 Å². The summed E-state index contributed by atoms with van der Waals surface area (Å²) < 4.78 is 40.7. The first-order chi connectivity index (χ1) is 12.7. The number of hydrogen-bond acceptors (Lipinski definition) is 4. The van der Waals surface area contributed by atoms with Gasteiger partial charge in [0.05, 0.1) is 6.04 Å². The third-order valence-corrected chi connectivity index (χ3v) is 4.72. The summed E-state index contributed by atoms with van der Waals surface area (Å²) in [6.45, 7) is 2.17. The van der Waals surface area contributed by atoms with Gasteiger partial charge in [0, 0.05) is 24.3 Å². The molecule has 0 spiro atoms. The van der Waals surface area contributed by atoms with E-state index in [9.17, 15) is 18.0 Å². The fourth-order valence-corrected chi connectivity index (χ4v) is 3.36. The maximum absolute atomic E-state index is 12.3. The second-order valence-electron chi connectivity index (χ2n) is 7.21. The SMILES string of the molecule is C[C@@H](CNc1cccc(OC(F)(F)F)c1)NC(=O)[C@@H](N)CC1CCCCC1. The van der Waals surface area contributed by atoms with Crippen LogP contribution in [0.25, 0.3) is 0 Å². The number of alkyl halides is 3. The third kappa shape index (κ3) is 8.07. The van der Waals surface area contributed by atoms with Crippen LogP contribution in [-0.2, 0) is 4.79 Å². The molecule has 1 aliphatic rings. The zero-order valence-electron chi connectivity index (χ0n) is 15.5. The van der Waals surface area contributed by atoms with Gasteiger partial charge in [-0.3, -0.25) is 4.79 Å². The second-order valence-corrected chi connectivity index (χ2v) is 7.21. The summed E-state index contributed by atoms with van der Waals surface area (Å²) in [5.41, 5.74) is 6.50. The summed E-state index contributed by atoms with van der Waals surface area (Å²) in [5, 5.41) is 5.85. The lowest BCUT2D eigenvalue weighted by Crippen LogP contribution is -2.47. The van der Waals surface area contributed by atoms with Gasteiger partial charge in [-0.1, -0.05) is 38.2 Å². The number of nitrogens with two attached hydrogens (primary N) is 1. The van der Waals surface area contributed by atoms with Gasteiger partial charge in [-0.05, 0) is 31.4 Å². The molecule has 1 amide bonds. The highest BCUT2D eigenvalue weighted by atomic mass is 19.4. The Kier molecular flexibility index (Phi) is 7.77. The monoisotopic (exact) mass is 387 g/mol. The number of ether oxygens (including phenoxy) is 1. The fraction of sp³-hybridized carbons (Fsp3) is 0.632. The summed E-state index contributed by atoms with van der Waals surface area (Å²) in [4.78, 5) is 12.2. The summed E-state index contributed by atoms with van der Waals surface area (Å²) >= 11 is 0. The molecule has 8 heteroatoms. The molecule has 152 valence electrons. The maximum Gasteiger partial charge on any atom is 0.573 e. The van der Waals surface area contributed by atoms with E-state index in [0.717, 1.165) is 12.8 Å². The number of hydrogen-bond donors (Lipinski definition) is 3. The van der Waals surface area contributed by atoms with Crippen molar-refractivity contribution in [2.24, 2.45) is 11.7 Å². The van der Waals surface area contributed by atoms with E-state index in [0.29, 0.717) is 24.6 Å². The molecular weight excluding hydrogens is 359 g/mol. The predicted molar refractivity (Wildman–Crippen MR) is 98.4 cm³/mol. The molecule has 4 N–H and O–H groups in total. The summed E-state index contributed by atoms with van der Waals surface area (Å²) in [6.07, 6.45) is 1.91. The molecule has 2 rings (SSSR count). The van der Waals surface area contributed by atoms with Gasteiger partial charge < -0.3 is 21.1 Å². The first-order valence-electron chi connectivity index (χ1n) is 9.38. The number of carbonyl (C=O) groups is 1. The van der Waals surface area contributed by atoms with Crippen LogP contribution in [0.1, 0.15) is 45.4 Å². The van der Waals surface area contributed by atoms with Crippen LogP contribution in [0.5, 0.6) is 5.75 Å². The van der Waals surface area contributed by atoms with Crippen LogP contribution in [0.15, 0.2) is 24.3 Å². The van der Waals surface area contributed by atoms with Crippen LogP contribution in [0, 0.1) is 5.92 Å². The van der Waals surface area contributed by atoms with Gasteiger partial charge in [-0.15, -0.1) is 13.2 Å². The molecule has 0 aromatic heterocycles. The molecular formula is C19H28F3N3O2. The topological polar surface area (TPSA) is 76.4 Å². The molecule has 0 unspecified atom stereocenters. The standard InChI is InChI=1S/C19H28F3N3O2/c1-13(25-18(26)17(23)10-14-6-3-2-4-7-14)12-24-15-8-5-9-16(11-15)27-19(20,21)22/h5,8-9,11,13-14,17,24H,2-4,6-7,10,12,23H2,1H3,(H,25,26)/t13-,17-/m0/s1. The quantitative estimate of drug-likeness (QED) is 0.634. The summed E-state index contributed by atoms with van der Waals surface area (Å²) in [7, 11) is 0. The van der Waals surface area contributed by atoms with E-state index < -0.39 is 12.4 Å². The van der Waals surface area contributed by atoms with Crippen molar-refractivity contribution in [1.82, 2.24) is 5.32 Å². The van der Waals surface area contributed by atoms with Crippen molar-refractivity contribution in [3.05, 3.63) is 24.3 Å². The predicted octanol–water partition coefficient (Wildman–Crippen LogP) is 3.80. The Morgan fingerprint density at radius 2 is 2.00 bits per heavy atom. The lowest BCUT2D eigenvalue weighted by molar-refractivity contribution is -0.274. The van der Waals surface area contributed by atoms with Gasteiger partial charge in [0.2, 0.25) is 5.91 Å². The number of anilines is 1. The van der Waals surface area contributed by atoms with E-state index >= 15 is 0 Å². The minimum atomic E-state index is -4.73. The smallest absolute Gasteiger partial charge is 0.406 e. The molecule has 0 radical (unpaired) electrons. The van der Waals surface area contributed by atoms with Gasteiger partial charge in [-0.25, -0.2) is 0 Å². The van der Waals surface area contributed by atoms with Crippen molar-refractivity contribution >= 4 is 11.6 Å². The van der Waals surface area contributed by atoms with Gasteiger partial charge in [0.1, 0.15) is 5.75 Å². The molecule has 1 aromatic carbocycles. The van der Waals surface area contributed by atoms with E-state index in [1.807, 2.05) is 6.92 Å². The van der Waals surface area contributed by atoms with Crippen LogP contribution in [0.3, 0.4) is 0 Å². The number of amides is 1. The Balaban J connectivity index is 1.75. The number of nitrogens with one attached hydrogen (secondary N) is 2. The van der Waals surface area contributed by atoms with Crippen LogP contribution in [0.4, 0.5) is 18.9 Å². The summed E-state index contributed by atoms with van der Waals surface area (Å²) in [6, 6.07) is 4.84. The average molecular weight is 387 g/mol. The molecule has 0 aliphatic heterocycles. The van der Waals surface area contributed by atoms with Crippen LogP contribution in [-0.4, -0.2) is 30.9 Å². The Morgan fingerprint density at radius 3 is 2.67 bits per heavy atom. The third-order valence-electron chi connectivity index (χ3n) is 4.72. The van der Waals surface area contributed by atoms with Crippen LogP contribution in [0.2, 0.25) is 0 Å². The normalized spacial score (nSPS) is 17.8. The lowest BCUT2D eigenvalue weighted by atomic mass is 9.85. The minimum absolute atomic E-state index is 0.191. The highest BCUT2D eigenvalue weighted by Crippen LogP contribution is 2.27. The Morgan fingerprint density at radius 1 is 1.30 bits per heavy atom. The largest absolute Gasteiger partial charge is 0.573 e. The molecule has 5 nitrogen and oxygen atoms in total. The highest BCUT2D eigenvalue weighted by molar-refractivity contribution is 5.81. The first kappa shape index (κ1) is 21.3. The zero-order valence-corrected chi connectivity index (χ0v) is 15.5. The Hall–Kier alpha value is -1.96. The van der Waals surface area contributed by atoms with Gasteiger partial charge in [-0.2, -0.15) is 0 Å². The molecule has 0 heterocycles. The lowest BCUT2D eigenvalue weighted by Gasteiger charge is -2.25. The van der Waals surface area contributed by atoms with Crippen molar-refractivity contribution in [3.63, 3.8) is 0 Å². The summed E-state index contributed by atoms with van der Waals surface area (Å²) in [5.74, 6) is 0.0343. The second kappa shape index (κ2) is 9.82. The minimum Gasteiger partial charge on any atom is -0.406 e. The van der Waals surface area contributed by atoms with Crippen molar-refractivity contribution in [3.8, 4) is 5.75 Å². The number of benzene rings is 1. The molecule has 1 saturated carbocycles. The molecule has 2 atom stereocenters. The average Bonchev–Trinajstić information content (AvgIpc) is 2.59. The number of halogens is 3. The van der Waals surface area contributed by atoms with E-state index in [1.54, 1.807) is 6.07 Å². The molecule has 1 aromatic rings. The van der Waals surface area contributed by atoms with Crippen LogP contribution < -0.4 is 21.1 Å². The fourth-order valence-electron chi connectivity index (χ4n) is 3.36. The zero-order chi connectivity index (χ0) is 19.9. The van der Waals surface area contributed by atoms with Gasteiger partial charge in [0.25, 0.3) is 0 Å². The van der Waals surface area contributed by atoms with Gasteiger partial charge in [0.15, 0.2) is 0 Å². The Labute approximate surface area is 157 Å². The first-order valence-corrected chi connectivity index (χ1v) is 9.38. The van der Waals surface area contributed by atoms with E-state index in [-0.39, 0.29) is 17.7 Å². The molecule has 1 fully saturated rings. The Bertz CT molecular complexity index is 604. The highest BCUT2D eigenvalue weighted by Gasteiger charge is 2.31. The van der Waals surface area contributed by atoms with Gasteiger partial charge >= 0.3 is 6.36 Å². The molecule has 0 saturated heterocycles. The van der Waals surface area contributed by atoms with Crippen LogP contribution >= 0.6 is 0 Å². The maximum atomic E-state index is 12.3. The van der Waals surface area contributed by atoms with Crippen molar-refractivity contribution < 1.29 is 22.7 Å². The van der Waals surface area contributed by atoms with E-state index in [4.69, 9.17) is 5.73 Å². The number of carbonyl (C=O) groups excluding carboxylic acids is 1.